The van der Waals surface area contributed by atoms with E-state index in [1.54, 1.807) is 11.9 Å². The zero-order valence-electron chi connectivity index (χ0n) is 29.3. The minimum absolute atomic E-state index is 0. The Morgan fingerprint density at radius 2 is 1.20 bits per heavy atom. The molecule has 2 aliphatic heterocycles. The topological polar surface area (TPSA) is 36.0 Å². The fraction of sp³-hybridized carbons (Fsp3) is 0.462. The maximum absolute atomic E-state index is 11.9. The van der Waals surface area contributed by atoms with Crippen LogP contribution < -0.4 is 19.4 Å². The Balaban J connectivity index is 0.000000287. The average Bonchev–Trinajstić information content (AvgIpc) is 3.51. The first-order valence-corrected chi connectivity index (χ1v) is 17.5. The second-order valence-corrected chi connectivity index (χ2v) is 13.9. The van der Waals surface area contributed by atoms with Gasteiger partial charge in [0, 0.05) is 24.5 Å². The van der Waals surface area contributed by atoms with E-state index in [0.29, 0.717) is 30.1 Å². The molecule has 5 rings (SSSR count). The molecule has 2 heterocycles. The first-order valence-electron chi connectivity index (χ1n) is 16.5. The molecule has 0 N–H and O–H groups in total. The van der Waals surface area contributed by atoms with Gasteiger partial charge in [-0.1, -0.05) is 91.8 Å². The molecule has 0 saturated carbocycles. The SMILES string of the molecule is CC(C)c1cccc(C(C)C)c1N1[CH-]N(c2c(C(C)C)cccc2C(C)C)CC1.CCC1Oc2c([CH]=[Ru+])cccc2N(C)C1=O.Cl. The summed E-state index contributed by atoms with van der Waals surface area (Å²) in [6.45, 7) is 24.9. The van der Waals surface area contributed by atoms with Gasteiger partial charge in [-0.2, -0.15) is 6.67 Å². The van der Waals surface area contributed by atoms with Crippen molar-refractivity contribution >= 4 is 40.0 Å². The Bertz CT molecular complexity index is 1380. The summed E-state index contributed by atoms with van der Waals surface area (Å²) in [5, 5.41) is 0. The van der Waals surface area contributed by atoms with Crippen LogP contribution in [-0.2, 0) is 22.6 Å². The van der Waals surface area contributed by atoms with Crippen molar-refractivity contribution < 1.29 is 27.4 Å². The molecule has 1 amide bonds. The van der Waals surface area contributed by atoms with Crippen molar-refractivity contribution in [3.8, 4) is 5.75 Å². The van der Waals surface area contributed by atoms with Crippen LogP contribution in [0.25, 0.3) is 0 Å². The van der Waals surface area contributed by atoms with Crippen LogP contribution in [0.1, 0.15) is 120 Å². The molecule has 7 heteroatoms. The largest absolute Gasteiger partial charge is 0.147 e. The molecule has 3 aromatic rings. The van der Waals surface area contributed by atoms with Crippen LogP contribution in [0.5, 0.6) is 5.75 Å². The molecule has 3 aromatic carbocycles. The quantitative estimate of drug-likeness (QED) is 0.171. The van der Waals surface area contributed by atoms with Crippen molar-refractivity contribution in [2.45, 2.75) is 98.5 Å². The summed E-state index contributed by atoms with van der Waals surface area (Å²) in [6, 6.07) is 19.5. The molecule has 1 saturated heterocycles. The molecular formula is C39H53ClN3O2Ru. The molecular weight excluding hydrogens is 679 g/mol. The van der Waals surface area contributed by atoms with Crippen molar-refractivity contribution in [3.05, 3.63) is 89.1 Å². The minimum Gasteiger partial charge on any atom is -0.147 e. The van der Waals surface area contributed by atoms with Crippen LogP contribution in [0, 0.1) is 6.67 Å². The predicted molar refractivity (Wildman–Crippen MR) is 195 cm³/mol. The molecule has 0 spiro atoms. The van der Waals surface area contributed by atoms with Gasteiger partial charge in [0.25, 0.3) is 0 Å². The zero-order valence-corrected chi connectivity index (χ0v) is 31.8. The number of likely N-dealkylation sites (N-methyl/N-ethyl adjacent to an activating group) is 1. The Labute approximate surface area is 294 Å². The number of hydrogen-bond acceptors (Lipinski definition) is 4. The number of nitrogens with zero attached hydrogens (tertiary/aromatic N) is 3. The fourth-order valence-electron chi connectivity index (χ4n) is 6.33. The minimum atomic E-state index is -0.356. The number of amides is 1. The Morgan fingerprint density at radius 1 is 0.783 bits per heavy atom. The third kappa shape index (κ3) is 7.88. The van der Waals surface area contributed by atoms with E-state index in [-0.39, 0.29) is 24.4 Å². The normalized spacial score (nSPS) is 16.0. The van der Waals surface area contributed by atoms with Crippen LogP contribution in [0.4, 0.5) is 17.1 Å². The third-order valence-corrected chi connectivity index (χ3v) is 9.39. The van der Waals surface area contributed by atoms with Gasteiger partial charge >= 0.3 is 104 Å². The van der Waals surface area contributed by atoms with Crippen LogP contribution in [-0.4, -0.2) is 36.8 Å². The summed E-state index contributed by atoms with van der Waals surface area (Å²) in [7, 11) is 1.79. The molecule has 0 aromatic heterocycles. The Kier molecular flexibility index (Phi) is 13.5. The van der Waals surface area contributed by atoms with Gasteiger partial charge < -0.3 is 9.80 Å². The monoisotopic (exact) mass is 732 g/mol. The van der Waals surface area contributed by atoms with Crippen molar-refractivity contribution in [2.75, 3.05) is 34.8 Å². The maximum atomic E-state index is 11.9. The summed E-state index contributed by atoms with van der Waals surface area (Å²) in [5.41, 5.74) is 10.5. The van der Waals surface area contributed by atoms with Crippen LogP contribution in [0.3, 0.4) is 0 Å². The molecule has 2 aliphatic rings. The van der Waals surface area contributed by atoms with Crippen LogP contribution in [0.15, 0.2) is 54.6 Å². The molecule has 1 fully saturated rings. The van der Waals surface area contributed by atoms with Gasteiger partial charge in [0.05, 0.1) is 0 Å². The summed E-state index contributed by atoms with van der Waals surface area (Å²) < 4.78 is 7.68. The number of carbonyl (C=O) groups is 1. The summed E-state index contributed by atoms with van der Waals surface area (Å²) in [5.74, 6) is 2.88. The number of carbonyl (C=O) groups excluding carboxylic acids is 1. The van der Waals surface area contributed by atoms with E-state index in [4.69, 9.17) is 4.74 Å². The molecule has 1 atom stereocenters. The number of ether oxygens (including phenoxy) is 1. The van der Waals surface area contributed by atoms with Crippen LogP contribution in [0.2, 0.25) is 0 Å². The summed E-state index contributed by atoms with van der Waals surface area (Å²) >= 11 is 2.47. The van der Waals surface area contributed by atoms with Crippen molar-refractivity contribution in [1.82, 2.24) is 0 Å². The van der Waals surface area contributed by atoms with Gasteiger partial charge in [0.15, 0.2) is 0 Å². The molecule has 0 radical (unpaired) electrons. The van der Waals surface area contributed by atoms with Crippen LogP contribution >= 0.6 is 12.4 Å². The van der Waals surface area contributed by atoms with E-state index < -0.39 is 0 Å². The van der Waals surface area contributed by atoms with Crippen molar-refractivity contribution in [2.24, 2.45) is 0 Å². The van der Waals surface area contributed by atoms with E-state index >= 15 is 0 Å². The third-order valence-electron chi connectivity index (χ3n) is 8.85. The number of halogens is 1. The number of anilines is 3. The molecule has 1 unspecified atom stereocenters. The van der Waals surface area contributed by atoms with Gasteiger partial charge in [-0.05, 0) is 45.9 Å². The molecule has 5 nitrogen and oxygen atoms in total. The number of para-hydroxylation sites is 3. The Hall–Kier alpha value is -2.69. The summed E-state index contributed by atoms with van der Waals surface area (Å²) in [4.78, 5) is 18.6. The number of benzene rings is 3. The number of hydrogen-bond donors (Lipinski definition) is 0. The molecule has 0 bridgehead atoms. The standard InChI is InChI=1S/C27H39N2.C12H13NO2.ClH.Ru/c1-18(2)22-11-9-12-23(19(3)4)26(22)28-15-16-29(17-28)27-24(20(5)6)13-10-14-25(27)21(7)8;1-4-10-12(14)13(3)9-7-5-6-8(2)11(9)15-10;;/h9-14,17-21H,15-16H2,1-8H3;2,5-7,10H,4H2,1,3H3;1H;/q-1;;;+1. The van der Waals surface area contributed by atoms with Gasteiger partial charge in [0.1, 0.15) is 0 Å². The second-order valence-electron chi connectivity index (χ2n) is 13.4. The maximum Gasteiger partial charge on any atom is -0.147 e. The van der Waals surface area contributed by atoms with Gasteiger partial charge in [0.2, 0.25) is 0 Å². The number of fused-ring (bicyclic) bond motifs is 1. The average molecular weight is 732 g/mol. The second kappa shape index (κ2) is 16.4. The molecule has 0 aliphatic carbocycles. The predicted octanol–water partition coefficient (Wildman–Crippen LogP) is 9.57. The van der Waals surface area contributed by atoms with Gasteiger partial charge in [-0.25, -0.2) is 0 Å². The fourth-order valence-corrected chi connectivity index (χ4v) is 6.72. The number of rotatable bonds is 8. The van der Waals surface area contributed by atoms with E-state index in [2.05, 4.69) is 126 Å². The first-order chi connectivity index (χ1) is 21.4. The smallest absolute Gasteiger partial charge is 0.147 e. The Morgan fingerprint density at radius 3 is 1.57 bits per heavy atom. The van der Waals surface area contributed by atoms with Crippen molar-refractivity contribution in [3.63, 3.8) is 0 Å². The van der Waals surface area contributed by atoms with E-state index in [9.17, 15) is 4.79 Å². The summed E-state index contributed by atoms with van der Waals surface area (Å²) in [6.07, 6.45) is 0.333. The first kappa shape index (κ1) is 37.8. The van der Waals surface area contributed by atoms with E-state index in [0.717, 1.165) is 30.1 Å². The van der Waals surface area contributed by atoms with Gasteiger partial charge in [-0.3, -0.25) is 0 Å². The molecule has 46 heavy (non-hydrogen) atoms. The van der Waals surface area contributed by atoms with Gasteiger partial charge in [-0.15, -0.1) is 12.4 Å². The van der Waals surface area contributed by atoms with Crippen molar-refractivity contribution in [1.29, 1.82) is 0 Å². The van der Waals surface area contributed by atoms with E-state index in [1.807, 2.05) is 29.7 Å². The zero-order chi connectivity index (χ0) is 33.0. The van der Waals surface area contributed by atoms with E-state index in [1.165, 1.54) is 33.6 Å². The molecule has 251 valence electrons.